The molecular formula is C38H39BrN4O5. The first-order valence-electron chi connectivity index (χ1n) is 15.9. The molecule has 0 unspecified atom stereocenters. The van der Waals surface area contributed by atoms with Crippen molar-refractivity contribution in [1.29, 1.82) is 0 Å². The van der Waals surface area contributed by atoms with Gasteiger partial charge in [0.05, 0.1) is 34.8 Å². The first-order valence-corrected chi connectivity index (χ1v) is 16.7. The van der Waals surface area contributed by atoms with Crippen LogP contribution in [-0.2, 0) is 4.79 Å². The quantitative estimate of drug-likeness (QED) is 0.131. The third-order valence-corrected chi connectivity index (χ3v) is 8.28. The number of aryl methyl sites for hydroxylation is 2. The van der Waals surface area contributed by atoms with Gasteiger partial charge in [0.1, 0.15) is 5.75 Å². The first kappa shape index (κ1) is 34.4. The van der Waals surface area contributed by atoms with E-state index in [4.69, 9.17) is 19.2 Å². The fourth-order valence-electron chi connectivity index (χ4n) is 5.30. The van der Waals surface area contributed by atoms with E-state index in [2.05, 4.69) is 40.2 Å². The third-order valence-electron chi connectivity index (χ3n) is 7.69. The van der Waals surface area contributed by atoms with Crippen LogP contribution in [0.25, 0.3) is 22.3 Å². The van der Waals surface area contributed by atoms with Crippen LogP contribution in [0.2, 0.25) is 0 Å². The van der Waals surface area contributed by atoms with Gasteiger partial charge in [-0.1, -0.05) is 44.2 Å². The van der Waals surface area contributed by atoms with Gasteiger partial charge in [-0.2, -0.15) is 9.78 Å². The Labute approximate surface area is 288 Å². The van der Waals surface area contributed by atoms with Crippen LogP contribution in [0, 0.1) is 13.8 Å². The molecule has 1 N–H and O–H groups in total. The van der Waals surface area contributed by atoms with Crippen molar-refractivity contribution in [3.05, 3.63) is 110 Å². The maximum Gasteiger partial charge on any atom is 0.282 e. The fraction of sp³-hybridized carbons (Fsp3) is 0.263. The summed E-state index contributed by atoms with van der Waals surface area (Å²) in [6, 6.07) is 22.4. The minimum atomic E-state index is -0.301. The number of hydrogen-bond donors (Lipinski definition) is 1. The van der Waals surface area contributed by atoms with Gasteiger partial charge in [-0.05, 0) is 114 Å². The summed E-state index contributed by atoms with van der Waals surface area (Å²) in [4.78, 5) is 31.5. The number of rotatable bonds is 12. The number of aromatic nitrogens is 2. The largest absolute Gasteiger partial charge is 0.494 e. The molecule has 0 fully saturated rings. The molecule has 0 atom stereocenters. The highest BCUT2D eigenvalue weighted by Crippen LogP contribution is 2.37. The molecule has 5 aromatic rings. The molecule has 248 valence electrons. The van der Waals surface area contributed by atoms with Crippen LogP contribution >= 0.6 is 15.9 Å². The molecule has 1 amide bonds. The van der Waals surface area contributed by atoms with Crippen molar-refractivity contribution in [2.24, 2.45) is 5.10 Å². The zero-order valence-corrected chi connectivity index (χ0v) is 29.6. The van der Waals surface area contributed by atoms with Crippen molar-refractivity contribution >= 4 is 44.6 Å². The lowest BCUT2D eigenvalue weighted by Gasteiger charge is -2.18. The maximum atomic E-state index is 13.9. The van der Waals surface area contributed by atoms with Gasteiger partial charge >= 0.3 is 0 Å². The van der Waals surface area contributed by atoms with Crippen molar-refractivity contribution in [1.82, 2.24) is 9.66 Å². The topological polar surface area (TPSA) is 104 Å². The molecule has 0 spiro atoms. The number of nitrogens with zero attached hydrogens (tertiary/aromatic N) is 3. The highest BCUT2D eigenvalue weighted by Gasteiger charge is 2.19. The number of para-hydroxylation sites is 2. The van der Waals surface area contributed by atoms with E-state index in [9.17, 15) is 9.59 Å². The number of nitrogens with one attached hydrogen (secondary N) is 1. The summed E-state index contributed by atoms with van der Waals surface area (Å²) in [6.45, 7) is 12.6. The van der Waals surface area contributed by atoms with Crippen molar-refractivity contribution in [3.8, 4) is 28.6 Å². The highest BCUT2D eigenvalue weighted by atomic mass is 79.9. The van der Waals surface area contributed by atoms with Gasteiger partial charge in [-0.25, -0.2) is 4.98 Å². The summed E-state index contributed by atoms with van der Waals surface area (Å²) in [5.74, 6) is 1.91. The van der Waals surface area contributed by atoms with Gasteiger partial charge < -0.3 is 19.5 Å². The molecule has 0 saturated carbocycles. The number of amides is 1. The van der Waals surface area contributed by atoms with Crippen LogP contribution in [0.3, 0.4) is 0 Å². The van der Waals surface area contributed by atoms with E-state index < -0.39 is 0 Å². The molecule has 0 bridgehead atoms. The lowest BCUT2D eigenvalue weighted by atomic mass is 9.96. The van der Waals surface area contributed by atoms with Crippen LogP contribution in [-0.4, -0.2) is 41.6 Å². The van der Waals surface area contributed by atoms with Crippen molar-refractivity contribution in [3.63, 3.8) is 0 Å². The number of fused-ring (bicyclic) bond motifs is 1. The Bertz CT molecular complexity index is 2050. The molecule has 0 aliphatic rings. The summed E-state index contributed by atoms with van der Waals surface area (Å²) >= 11 is 3.58. The smallest absolute Gasteiger partial charge is 0.282 e. The van der Waals surface area contributed by atoms with Crippen LogP contribution in [0.15, 0.2) is 87.2 Å². The van der Waals surface area contributed by atoms with Crippen molar-refractivity contribution in [2.45, 2.75) is 47.5 Å². The second-order valence-electron chi connectivity index (χ2n) is 11.5. The summed E-state index contributed by atoms with van der Waals surface area (Å²) in [5.41, 5.74) is 5.30. The predicted molar refractivity (Wildman–Crippen MR) is 195 cm³/mol. The fourth-order valence-corrected chi connectivity index (χ4v) is 5.88. The van der Waals surface area contributed by atoms with Crippen molar-refractivity contribution < 1.29 is 19.0 Å². The van der Waals surface area contributed by atoms with E-state index in [0.29, 0.717) is 51.5 Å². The van der Waals surface area contributed by atoms with E-state index in [1.54, 1.807) is 24.4 Å². The number of ether oxygens (including phenoxy) is 3. The summed E-state index contributed by atoms with van der Waals surface area (Å²) in [7, 11) is 0. The van der Waals surface area contributed by atoms with Gasteiger partial charge in [-0.15, -0.1) is 0 Å². The van der Waals surface area contributed by atoms with Gasteiger partial charge in [0.25, 0.3) is 11.5 Å². The average Bonchev–Trinajstić information content (AvgIpc) is 3.05. The van der Waals surface area contributed by atoms with Crippen LogP contribution in [0.4, 0.5) is 5.69 Å². The number of carbonyl (C=O) groups is 1. The summed E-state index contributed by atoms with van der Waals surface area (Å²) in [6.07, 6.45) is 1.58. The molecule has 0 aliphatic carbocycles. The lowest BCUT2D eigenvalue weighted by Crippen LogP contribution is -2.21. The summed E-state index contributed by atoms with van der Waals surface area (Å²) in [5, 5.41) is 8.01. The Hall–Kier alpha value is -4.96. The van der Waals surface area contributed by atoms with Gasteiger partial charge in [0.15, 0.2) is 23.9 Å². The molecule has 1 heterocycles. The second-order valence-corrected chi connectivity index (χ2v) is 12.4. The van der Waals surface area contributed by atoms with E-state index in [-0.39, 0.29) is 24.0 Å². The Balaban J connectivity index is 1.53. The van der Waals surface area contributed by atoms with E-state index in [1.807, 2.05) is 82.3 Å². The third kappa shape index (κ3) is 7.60. The molecule has 10 heteroatoms. The molecule has 4 aromatic carbocycles. The highest BCUT2D eigenvalue weighted by molar-refractivity contribution is 9.10. The number of carbonyl (C=O) groups excluding carboxylic acids is 1. The molecule has 0 radical (unpaired) electrons. The number of benzene rings is 4. The van der Waals surface area contributed by atoms with Gasteiger partial charge in [0, 0.05) is 11.3 Å². The van der Waals surface area contributed by atoms with Crippen LogP contribution in [0.5, 0.6) is 17.2 Å². The zero-order valence-electron chi connectivity index (χ0n) is 28.0. The van der Waals surface area contributed by atoms with E-state index in [0.717, 1.165) is 33.7 Å². The Morgan fingerprint density at radius 3 is 2.38 bits per heavy atom. The lowest BCUT2D eigenvalue weighted by molar-refractivity contribution is -0.118. The predicted octanol–water partition coefficient (Wildman–Crippen LogP) is 8.26. The number of hydrogen-bond acceptors (Lipinski definition) is 7. The Morgan fingerprint density at radius 1 is 0.938 bits per heavy atom. The molecule has 5 rings (SSSR count). The molecule has 1 aromatic heterocycles. The molecule has 48 heavy (non-hydrogen) atoms. The maximum absolute atomic E-state index is 13.9. The van der Waals surface area contributed by atoms with E-state index in [1.165, 1.54) is 4.68 Å². The van der Waals surface area contributed by atoms with E-state index >= 15 is 0 Å². The minimum absolute atomic E-state index is 0.179. The van der Waals surface area contributed by atoms with Gasteiger partial charge in [0.2, 0.25) is 0 Å². The number of anilines is 1. The molecular weight excluding hydrogens is 672 g/mol. The summed E-state index contributed by atoms with van der Waals surface area (Å²) < 4.78 is 19.7. The normalized spacial score (nSPS) is 11.3. The molecule has 0 aliphatic heterocycles. The molecule has 0 saturated heterocycles. The van der Waals surface area contributed by atoms with Crippen LogP contribution in [0.1, 0.15) is 55.9 Å². The Morgan fingerprint density at radius 2 is 1.65 bits per heavy atom. The first-order chi connectivity index (χ1) is 23.1. The SMILES string of the molecule is CCOc1cc(C)c(-c2nc3ccccc3c(=O)n2N=Cc2cc(Br)c(OCC(=O)Nc3ccccc3C)c(OCC)c2)cc1C(C)C. The number of halogens is 1. The zero-order chi connectivity index (χ0) is 34.4. The van der Waals surface area contributed by atoms with Gasteiger partial charge in [-0.3, -0.25) is 9.59 Å². The second kappa shape index (κ2) is 15.3. The molecule has 9 nitrogen and oxygen atoms in total. The minimum Gasteiger partial charge on any atom is -0.494 e. The average molecular weight is 712 g/mol. The van der Waals surface area contributed by atoms with Crippen LogP contribution < -0.4 is 25.1 Å². The van der Waals surface area contributed by atoms with Crippen molar-refractivity contribution in [2.75, 3.05) is 25.1 Å². The standard InChI is InChI=1S/C38H39BrN4O5/c1-7-46-33-17-25(6)29(20-28(33)23(3)4)37-42-32-16-12-10-14-27(32)38(45)43(37)40-21-26-18-30(39)36(34(19-26)47-8-2)48-22-35(44)41-31-15-11-9-13-24(31)5/h9-21,23H,7-8,22H2,1-6H3,(H,41,44). The Kier molecular flexibility index (Phi) is 11.0. The monoisotopic (exact) mass is 710 g/mol.